The smallest absolute Gasteiger partial charge is 0.259 e. The molecule has 0 radical (unpaired) electrons. The van der Waals surface area contributed by atoms with E-state index in [1.165, 1.54) is 0 Å². The summed E-state index contributed by atoms with van der Waals surface area (Å²) in [5, 5.41) is 3.29. The number of benzene rings is 4. The summed E-state index contributed by atoms with van der Waals surface area (Å²) in [6, 6.07) is 37.5. The molecule has 1 N–H and O–H groups in total. The first-order chi connectivity index (χ1) is 15.2. The van der Waals surface area contributed by atoms with Gasteiger partial charge >= 0.3 is 0 Å². The highest BCUT2D eigenvalue weighted by molar-refractivity contribution is 9.10. The highest BCUT2D eigenvalue weighted by Crippen LogP contribution is 2.36. The molecule has 0 unspecified atom stereocenters. The molecule has 0 aliphatic rings. The number of ether oxygens (including phenoxy) is 1. The minimum absolute atomic E-state index is 0.0874. The Kier molecular flexibility index (Phi) is 6.48. The van der Waals surface area contributed by atoms with Crippen LogP contribution in [0.5, 0.6) is 5.75 Å². The van der Waals surface area contributed by atoms with Crippen LogP contribution in [0.4, 0.5) is 0 Å². The predicted octanol–water partition coefficient (Wildman–Crippen LogP) is 5.94. The van der Waals surface area contributed by atoms with Gasteiger partial charge in [0.2, 0.25) is 0 Å². The predicted molar refractivity (Wildman–Crippen MR) is 127 cm³/mol. The average Bonchev–Trinajstić information content (AvgIpc) is 2.84. The molecule has 0 atom stereocenters. The van der Waals surface area contributed by atoms with Crippen LogP contribution in [-0.4, -0.2) is 12.5 Å². The Hall–Kier alpha value is -3.37. The maximum absolute atomic E-state index is 13.2. The van der Waals surface area contributed by atoms with Gasteiger partial charge < -0.3 is 10.1 Å². The van der Waals surface area contributed by atoms with Crippen LogP contribution in [-0.2, 0) is 10.3 Å². The van der Waals surface area contributed by atoms with Crippen molar-refractivity contribution in [1.29, 1.82) is 0 Å². The van der Waals surface area contributed by atoms with E-state index in [9.17, 15) is 4.79 Å². The van der Waals surface area contributed by atoms with E-state index in [0.717, 1.165) is 21.2 Å². The number of hydrogen-bond acceptors (Lipinski definition) is 2. The van der Waals surface area contributed by atoms with Crippen molar-refractivity contribution >= 4 is 21.8 Å². The molecular formula is C27H22BrNO2. The Balaban J connectivity index is 1.73. The van der Waals surface area contributed by atoms with E-state index in [1.54, 1.807) is 0 Å². The van der Waals surface area contributed by atoms with Gasteiger partial charge in [-0.1, -0.05) is 107 Å². The molecule has 4 aromatic carbocycles. The molecule has 4 rings (SSSR count). The van der Waals surface area contributed by atoms with Gasteiger partial charge in [-0.25, -0.2) is 0 Å². The quantitative estimate of drug-likeness (QED) is 0.339. The van der Waals surface area contributed by atoms with Crippen LogP contribution in [0.2, 0.25) is 0 Å². The van der Waals surface area contributed by atoms with Gasteiger partial charge in [-0.3, -0.25) is 4.79 Å². The average molecular weight is 472 g/mol. The molecule has 0 saturated heterocycles. The van der Waals surface area contributed by atoms with Crippen LogP contribution in [0.25, 0.3) is 0 Å². The van der Waals surface area contributed by atoms with Gasteiger partial charge in [-0.05, 0) is 41.0 Å². The standard InChI is InChI=1S/C27H22BrNO2/c28-24-16-18-25(19-17-24)31-20-26(30)29-27(21-10-4-1-5-11-21,22-12-6-2-7-13-22)23-14-8-3-9-15-23/h1-19H,20H2,(H,29,30). The number of amides is 1. The van der Waals surface area contributed by atoms with Gasteiger partial charge in [0.15, 0.2) is 6.61 Å². The number of hydrogen-bond donors (Lipinski definition) is 1. The van der Waals surface area contributed by atoms with E-state index in [4.69, 9.17) is 4.74 Å². The molecule has 4 aromatic rings. The summed E-state index contributed by atoms with van der Waals surface area (Å²) in [6.07, 6.45) is 0. The lowest BCUT2D eigenvalue weighted by molar-refractivity contribution is -0.124. The molecular weight excluding hydrogens is 450 g/mol. The molecule has 31 heavy (non-hydrogen) atoms. The second-order valence-corrected chi connectivity index (χ2v) is 8.05. The Morgan fingerprint density at radius 3 is 1.52 bits per heavy atom. The van der Waals surface area contributed by atoms with Crippen molar-refractivity contribution in [2.45, 2.75) is 5.54 Å². The van der Waals surface area contributed by atoms with Crippen molar-refractivity contribution in [2.24, 2.45) is 0 Å². The fourth-order valence-electron chi connectivity index (χ4n) is 3.71. The van der Waals surface area contributed by atoms with Crippen molar-refractivity contribution in [3.05, 3.63) is 136 Å². The van der Waals surface area contributed by atoms with E-state index < -0.39 is 5.54 Å². The SMILES string of the molecule is O=C(COc1ccc(Br)cc1)NC(c1ccccc1)(c1ccccc1)c1ccccc1. The third-order valence-corrected chi connectivity index (χ3v) is 5.66. The van der Waals surface area contributed by atoms with Gasteiger partial charge in [-0.2, -0.15) is 0 Å². The first-order valence-corrected chi connectivity index (χ1v) is 10.8. The molecule has 0 spiro atoms. The summed E-state index contributed by atoms with van der Waals surface area (Å²) in [5.41, 5.74) is 2.09. The number of halogens is 1. The topological polar surface area (TPSA) is 38.3 Å². The molecule has 3 nitrogen and oxygen atoms in total. The molecule has 0 fully saturated rings. The van der Waals surface area contributed by atoms with Crippen molar-refractivity contribution in [3.8, 4) is 5.75 Å². The van der Waals surface area contributed by atoms with Crippen molar-refractivity contribution < 1.29 is 9.53 Å². The van der Waals surface area contributed by atoms with E-state index >= 15 is 0 Å². The Morgan fingerprint density at radius 2 is 1.10 bits per heavy atom. The molecule has 0 aliphatic carbocycles. The largest absolute Gasteiger partial charge is 0.484 e. The second kappa shape index (κ2) is 9.63. The molecule has 0 heterocycles. The van der Waals surface area contributed by atoms with Crippen LogP contribution in [0, 0.1) is 0 Å². The summed E-state index contributed by atoms with van der Waals surface area (Å²) in [4.78, 5) is 13.2. The summed E-state index contributed by atoms with van der Waals surface area (Å²) in [7, 11) is 0. The first kappa shape index (κ1) is 20.9. The zero-order valence-corrected chi connectivity index (χ0v) is 18.5. The van der Waals surface area contributed by atoms with Crippen LogP contribution >= 0.6 is 15.9 Å². The molecule has 0 bridgehead atoms. The van der Waals surface area contributed by atoms with Gasteiger partial charge in [-0.15, -0.1) is 0 Å². The van der Waals surface area contributed by atoms with E-state index in [2.05, 4.69) is 21.2 Å². The van der Waals surface area contributed by atoms with Gasteiger partial charge in [0.25, 0.3) is 5.91 Å². The number of carbonyl (C=O) groups excluding carboxylic acids is 1. The lowest BCUT2D eigenvalue weighted by atomic mass is 9.77. The maximum Gasteiger partial charge on any atom is 0.259 e. The Morgan fingerprint density at radius 1 is 0.677 bits per heavy atom. The molecule has 0 aromatic heterocycles. The Bertz CT molecular complexity index is 1020. The highest BCUT2D eigenvalue weighted by atomic mass is 79.9. The Labute approximate surface area is 190 Å². The number of carbonyl (C=O) groups is 1. The van der Waals surface area contributed by atoms with Crippen LogP contribution in [0.1, 0.15) is 16.7 Å². The summed E-state index contributed by atoms with van der Waals surface area (Å²) in [6.45, 7) is -0.0874. The lowest BCUT2D eigenvalue weighted by Crippen LogP contribution is -2.49. The van der Waals surface area contributed by atoms with Crippen LogP contribution in [0.3, 0.4) is 0 Å². The number of nitrogens with one attached hydrogen (secondary N) is 1. The van der Waals surface area contributed by atoms with Gasteiger partial charge in [0.1, 0.15) is 11.3 Å². The fraction of sp³-hybridized carbons (Fsp3) is 0.0741. The van der Waals surface area contributed by atoms with Gasteiger partial charge in [0, 0.05) is 4.47 Å². The van der Waals surface area contributed by atoms with E-state index in [-0.39, 0.29) is 12.5 Å². The fourth-order valence-corrected chi connectivity index (χ4v) is 3.97. The lowest BCUT2D eigenvalue weighted by Gasteiger charge is -2.36. The molecule has 4 heteroatoms. The monoisotopic (exact) mass is 471 g/mol. The molecule has 1 amide bonds. The molecule has 0 saturated carbocycles. The first-order valence-electron chi connectivity index (χ1n) is 10.0. The minimum atomic E-state index is -0.843. The maximum atomic E-state index is 13.2. The number of rotatable bonds is 7. The van der Waals surface area contributed by atoms with E-state index in [1.807, 2.05) is 115 Å². The summed E-state index contributed by atoms with van der Waals surface area (Å²) < 4.78 is 6.70. The summed E-state index contributed by atoms with van der Waals surface area (Å²) >= 11 is 3.41. The van der Waals surface area contributed by atoms with Gasteiger partial charge in [0.05, 0.1) is 0 Å². The molecule has 0 aliphatic heterocycles. The second-order valence-electron chi connectivity index (χ2n) is 7.14. The third kappa shape index (κ3) is 4.70. The summed E-state index contributed by atoms with van der Waals surface area (Å²) in [5.74, 6) is 0.433. The molecule has 154 valence electrons. The zero-order chi connectivity index (χ0) is 21.5. The van der Waals surface area contributed by atoms with Crippen molar-refractivity contribution in [1.82, 2.24) is 5.32 Å². The van der Waals surface area contributed by atoms with Crippen molar-refractivity contribution in [3.63, 3.8) is 0 Å². The van der Waals surface area contributed by atoms with Crippen LogP contribution < -0.4 is 10.1 Å². The zero-order valence-electron chi connectivity index (χ0n) is 16.9. The third-order valence-electron chi connectivity index (χ3n) is 5.13. The van der Waals surface area contributed by atoms with Crippen molar-refractivity contribution in [2.75, 3.05) is 6.61 Å². The normalized spacial score (nSPS) is 11.0. The minimum Gasteiger partial charge on any atom is -0.484 e. The highest BCUT2D eigenvalue weighted by Gasteiger charge is 2.37. The van der Waals surface area contributed by atoms with E-state index in [0.29, 0.717) is 5.75 Å². The van der Waals surface area contributed by atoms with Crippen LogP contribution in [0.15, 0.2) is 120 Å².